The second kappa shape index (κ2) is 9.78. The number of ether oxygens (including phenoxy) is 1. The summed E-state index contributed by atoms with van der Waals surface area (Å²) in [6, 6.07) is 6.97. The van der Waals surface area contributed by atoms with Crippen molar-refractivity contribution in [2.45, 2.75) is 21.8 Å². The van der Waals surface area contributed by atoms with Gasteiger partial charge in [0, 0.05) is 14.0 Å². The molecule has 0 aliphatic rings. The second-order valence-electron chi connectivity index (χ2n) is 3.90. The van der Waals surface area contributed by atoms with Gasteiger partial charge in [-0.15, -0.1) is 0 Å². The van der Waals surface area contributed by atoms with Gasteiger partial charge >= 0.3 is 5.97 Å². The summed E-state index contributed by atoms with van der Waals surface area (Å²) in [6.07, 6.45) is 1.71. The molecule has 0 unspecified atom stereocenters. The number of nitrogens with zero attached hydrogens (tertiary/aromatic N) is 1. The van der Waals surface area contributed by atoms with E-state index in [4.69, 9.17) is 4.74 Å². The van der Waals surface area contributed by atoms with E-state index in [0.717, 1.165) is 5.56 Å². The van der Waals surface area contributed by atoms with Gasteiger partial charge in [-0.1, -0.05) is 39.6 Å². The Morgan fingerprint density at radius 3 is 2.25 bits per heavy atom. The van der Waals surface area contributed by atoms with Crippen LogP contribution in [0.4, 0.5) is 0 Å². The minimum atomic E-state index is -0.387. The number of hydrogen-bond donors (Lipinski definition) is 0. The highest BCUT2D eigenvalue weighted by Crippen LogP contribution is 2.06. The summed E-state index contributed by atoms with van der Waals surface area (Å²) in [5.74, 6) is -0.441. The molecule has 1 aromatic rings. The molecule has 0 spiro atoms. The van der Waals surface area contributed by atoms with Crippen LogP contribution in [0.1, 0.15) is 37.7 Å². The topological polar surface area (TPSA) is 46.6 Å². The van der Waals surface area contributed by atoms with Gasteiger partial charge in [0.1, 0.15) is 6.61 Å². The van der Waals surface area contributed by atoms with E-state index in [0.29, 0.717) is 12.1 Å². The van der Waals surface area contributed by atoms with Crippen molar-refractivity contribution in [3.63, 3.8) is 0 Å². The molecule has 1 aromatic carbocycles. The summed E-state index contributed by atoms with van der Waals surface area (Å²) in [5, 5.41) is 0. The molecule has 0 N–H and O–H groups in total. The Labute approximate surface area is 122 Å². The highest BCUT2D eigenvalue weighted by Gasteiger charge is 2.08. The SMILES string of the molecule is C.C.C=Cc1ccc(C(=O)OCCN(C)C(C)=O)cc1. The van der Waals surface area contributed by atoms with Crippen LogP contribution in [0.25, 0.3) is 6.08 Å². The fourth-order valence-electron chi connectivity index (χ4n) is 1.27. The van der Waals surface area contributed by atoms with Gasteiger partial charge in [0.15, 0.2) is 0 Å². The molecule has 1 amide bonds. The van der Waals surface area contributed by atoms with Crippen LogP contribution in [0, 0.1) is 0 Å². The minimum absolute atomic E-state index is 0. The molecule has 0 aliphatic carbocycles. The number of amides is 1. The van der Waals surface area contributed by atoms with E-state index in [1.165, 1.54) is 11.8 Å². The van der Waals surface area contributed by atoms with Gasteiger partial charge in [-0.25, -0.2) is 4.79 Å². The van der Waals surface area contributed by atoms with Crippen LogP contribution in [0.2, 0.25) is 0 Å². The van der Waals surface area contributed by atoms with Crippen molar-refractivity contribution in [1.29, 1.82) is 0 Å². The van der Waals surface area contributed by atoms with E-state index in [1.807, 2.05) is 0 Å². The van der Waals surface area contributed by atoms with Gasteiger partial charge in [0.05, 0.1) is 12.1 Å². The molecule has 4 nitrogen and oxygen atoms in total. The summed E-state index contributed by atoms with van der Waals surface area (Å²) in [7, 11) is 1.66. The van der Waals surface area contributed by atoms with Crippen molar-refractivity contribution in [1.82, 2.24) is 4.90 Å². The molecule has 0 heterocycles. The van der Waals surface area contributed by atoms with Crippen LogP contribution in [0.3, 0.4) is 0 Å². The lowest BCUT2D eigenvalue weighted by Crippen LogP contribution is -2.28. The van der Waals surface area contributed by atoms with Crippen molar-refractivity contribution >= 4 is 18.0 Å². The van der Waals surface area contributed by atoms with Crippen molar-refractivity contribution in [2.75, 3.05) is 20.2 Å². The van der Waals surface area contributed by atoms with Crippen molar-refractivity contribution in [2.24, 2.45) is 0 Å². The minimum Gasteiger partial charge on any atom is -0.460 e. The summed E-state index contributed by atoms with van der Waals surface area (Å²) in [4.78, 5) is 24.1. The van der Waals surface area contributed by atoms with E-state index >= 15 is 0 Å². The van der Waals surface area contributed by atoms with Gasteiger partial charge < -0.3 is 9.64 Å². The molecule has 0 fully saturated rings. The zero-order chi connectivity index (χ0) is 13.5. The van der Waals surface area contributed by atoms with Gasteiger partial charge in [0.25, 0.3) is 0 Å². The fourth-order valence-corrected chi connectivity index (χ4v) is 1.27. The predicted molar refractivity (Wildman–Crippen MR) is 83.6 cm³/mol. The smallest absolute Gasteiger partial charge is 0.338 e. The number of esters is 1. The standard InChI is InChI=1S/C14H17NO3.2CH4/c1-4-12-5-7-13(8-6-12)14(17)18-10-9-15(3)11(2)16;;/h4-8H,1,9-10H2,2-3H3;2*1H4. The van der Waals surface area contributed by atoms with E-state index in [2.05, 4.69) is 6.58 Å². The normalized spacial score (nSPS) is 8.70. The van der Waals surface area contributed by atoms with Crippen molar-refractivity contribution in [3.8, 4) is 0 Å². The molecule has 4 heteroatoms. The van der Waals surface area contributed by atoms with E-state index in [1.54, 1.807) is 37.4 Å². The molecule has 0 aliphatic heterocycles. The third-order valence-electron chi connectivity index (χ3n) is 2.58. The lowest BCUT2D eigenvalue weighted by Gasteiger charge is -2.14. The number of benzene rings is 1. The third-order valence-corrected chi connectivity index (χ3v) is 2.58. The van der Waals surface area contributed by atoms with Crippen molar-refractivity contribution in [3.05, 3.63) is 42.0 Å². The average molecular weight is 279 g/mol. The predicted octanol–water partition coefficient (Wildman–Crippen LogP) is 3.24. The summed E-state index contributed by atoms with van der Waals surface area (Å²) in [5.41, 5.74) is 1.44. The Kier molecular flexibility index (Phi) is 9.89. The van der Waals surface area contributed by atoms with Crippen LogP contribution in [0.5, 0.6) is 0 Å². The summed E-state index contributed by atoms with van der Waals surface area (Å²) >= 11 is 0. The average Bonchev–Trinajstić information content (AvgIpc) is 2.38. The van der Waals surface area contributed by atoms with Gasteiger partial charge in [-0.05, 0) is 17.7 Å². The summed E-state index contributed by atoms with van der Waals surface area (Å²) in [6.45, 7) is 5.69. The Bertz CT molecular complexity index is 438. The monoisotopic (exact) mass is 279 g/mol. The molecule has 112 valence electrons. The summed E-state index contributed by atoms with van der Waals surface area (Å²) < 4.78 is 5.06. The Morgan fingerprint density at radius 2 is 1.80 bits per heavy atom. The molecule has 0 bridgehead atoms. The number of carbonyl (C=O) groups excluding carboxylic acids is 2. The molecular formula is C16H25NO3. The van der Waals surface area contributed by atoms with E-state index in [-0.39, 0.29) is 33.3 Å². The Hall–Kier alpha value is -2.10. The molecule has 20 heavy (non-hydrogen) atoms. The first-order valence-corrected chi connectivity index (χ1v) is 5.66. The largest absolute Gasteiger partial charge is 0.460 e. The van der Waals surface area contributed by atoms with Gasteiger partial charge in [-0.3, -0.25) is 4.79 Å². The molecule has 0 radical (unpaired) electrons. The van der Waals surface area contributed by atoms with Gasteiger partial charge in [-0.2, -0.15) is 0 Å². The molecule has 0 saturated carbocycles. The maximum atomic E-state index is 11.6. The number of rotatable bonds is 5. The number of hydrogen-bond acceptors (Lipinski definition) is 3. The lowest BCUT2D eigenvalue weighted by molar-refractivity contribution is -0.128. The first-order valence-electron chi connectivity index (χ1n) is 5.66. The Morgan fingerprint density at radius 1 is 1.25 bits per heavy atom. The highest BCUT2D eigenvalue weighted by atomic mass is 16.5. The molecule has 0 aromatic heterocycles. The maximum absolute atomic E-state index is 11.6. The Balaban J connectivity index is 0. The van der Waals surface area contributed by atoms with Crippen LogP contribution < -0.4 is 0 Å². The molecule has 0 atom stereocenters. The van der Waals surface area contributed by atoms with E-state index < -0.39 is 0 Å². The third kappa shape index (κ3) is 6.18. The zero-order valence-electron chi connectivity index (χ0n) is 10.7. The zero-order valence-corrected chi connectivity index (χ0v) is 10.7. The first-order chi connectivity index (χ1) is 8.54. The number of likely N-dealkylation sites (N-methyl/N-ethyl adjacent to an activating group) is 1. The maximum Gasteiger partial charge on any atom is 0.338 e. The highest BCUT2D eigenvalue weighted by molar-refractivity contribution is 5.89. The molecular weight excluding hydrogens is 254 g/mol. The second-order valence-corrected chi connectivity index (χ2v) is 3.90. The van der Waals surface area contributed by atoms with Crippen molar-refractivity contribution < 1.29 is 14.3 Å². The molecule has 1 rings (SSSR count). The van der Waals surface area contributed by atoms with E-state index in [9.17, 15) is 9.59 Å². The van der Waals surface area contributed by atoms with Gasteiger partial charge in [0.2, 0.25) is 5.91 Å². The van der Waals surface area contributed by atoms with Crippen LogP contribution >= 0.6 is 0 Å². The number of carbonyl (C=O) groups is 2. The van der Waals surface area contributed by atoms with Crippen LogP contribution in [0.15, 0.2) is 30.8 Å². The fraction of sp³-hybridized carbons (Fsp3) is 0.375. The van der Waals surface area contributed by atoms with Crippen LogP contribution in [-0.4, -0.2) is 37.0 Å². The first kappa shape index (κ1) is 20.2. The molecule has 0 saturated heterocycles. The van der Waals surface area contributed by atoms with Crippen LogP contribution in [-0.2, 0) is 9.53 Å². The lowest BCUT2D eigenvalue weighted by atomic mass is 10.1. The quantitative estimate of drug-likeness (QED) is 0.777.